The minimum Gasteiger partial charge on any atom is -0.103 e. The van der Waals surface area contributed by atoms with Crippen LogP contribution in [0.5, 0.6) is 0 Å². The summed E-state index contributed by atoms with van der Waals surface area (Å²) in [6.45, 7) is 6.32. The number of allylic oxidation sites excluding steroid dienone is 1. The highest BCUT2D eigenvalue weighted by Crippen LogP contribution is 2.53. The quantitative estimate of drug-likeness (QED) is 0.503. The molecule has 2 rings (SSSR count). The predicted octanol–water partition coefficient (Wildman–Crippen LogP) is 3.39. The Morgan fingerprint density at radius 2 is 1.82 bits per heavy atom. The zero-order valence-electron chi connectivity index (χ0n) is 7.47. The molecule has 0 bridgehead atoms. The molecular formula is C11H18. The van der Waals surface area contributed by atoms with Crippen molar-refractivity contribution < 1.29 is 0 Å². The van der Waals surface area contributed by atoms with Crippen LogP contribution in [0, 0.1) is 17.3 Å². The predicted molar refractivity (Wildman–Crippen MR) is 48.4 cm³/mol. The van der Waals surface area contributed by atoms with Crippen molar-refractivity contribution in [2.45, 2.75) is 39.0 Å². The fourth-order valence-corrected chi connectivity index (χ4v) is 3.10. The molecule has 0 amide bonds. The molecule has 0 heterocycles. The molecule has 0 aromatic heterocycles. The molecule has 0 radical (unpaired) electrons. The summed E-state index contributed by atoms with van der Waals surface area (Å²) in [5.41, 5.74) is 0.496. The molecular weight excluding hydrogens is 132 g/mol. The number of hydrogen-bond acceptors (Lipinski definition) is 0. The van der Waals surface area contributed by atoms with Crippen LogP contribution in [-0.4, -0.2) is 0 Å². The van der Waals surface area contributed by atoms with E-state index in [1.165, 1.54) is 32.1 Å². The van der Waals surface area contributed by atoms with Crippen LogP contribution >= 0.6 is 0 Å². The van der Waals surface area contributed by atoms with Gasteiger partial charge in [0.25, 0.3) is 0 Å². The van der Waals surface area contributed by atoms with Crippen molar-refractivity contribution in [3.8, 4) is 0 Å². The van der Waals surface area contributed by atoms with Gasteiger partial charge in [-0.25, -0.2) is 0 Å². The van der Waals surface area contributed by atoms with Crippen LogP contribution in [0.15, 0.2) is 12.7 Å². The molecule has 0 nitrogen and oxygen atoms in total. The van der Waals surface area contributed by atoms with Gasteiger partial charge in [0.1, 0.15) is 0 Å². The van der Waals surface area contributed by atoms with Crippen molar-refractivity contribution in [1.82, 2.24) is 0 Å². The zero-order chi connectivity index (χ0) is 7.90. The Bertz CT molecular complexity index is 157. The lowest BCUT2D eigenvalue weighted by Gasteiger charge is -2.19. The van der Waals surface area contributed by atoms with E-state index in [-0.39, 0.29) is 0 Å². The Kier molecular flexibility index (Phi) is 1.59. The number of hydrogen-bond donors (Lipinski definition) is 0. The lowest BCUT2D eigenvalue weighted by atomic mass is 9.86. The standard InChI is InChI=1S/C11H18/c1-3-11(2)7-9-5-4-6-10(9)8-11/h3,9-10H,1,4-8H2,2H3. The number of rotatable bonds is 1. The van der Waals surface area contributed by atoms with Gasteiger partial charge in [0, 0.05) is 0 Å². The van der Waals surface area contributed by atoms with Crippen molar-refractivity contribution in [2.24, 2.45) is 17.3 Å². The van der Waals surface area contributed by atoms with E-state index in [1.54, 1.807) is 0 Å². The summed E-state index contributed by atoms with van der Waals surface area (Å²) in [5, 5.41) is 0. The van der Waals surface area contributed by atoms with E-state index in [9.17, 15) is 0 Å². The first-order valence-corrected chi connectivity index (χ1v) is 4.87. The van der Waals surface area contributed by atoms with Crippen molar-refractivity contribution >= 4 is 0 Å². The van der Waals surface area contributed by atoms with Crippen molar-refractivity contribution in [2.75, 3.05) is 0 Å². The smallest absolute Gasteiger partial charge is 0.0144 e. The van der Waals surface area contributed by atoms with E-state index in [1.807, 2.05) is 0 Å². The third-order valence-electron chi connectivity index (χ3n) is 3.77. The molecule has 2 aliphatic carbocycles. The van der Waals surface area contributed by atoms with E-state index in [4.69, 9.17) is 0 Å². The molecule has 2 atom stereocenters. The minimum absolute atomic E-state index is 0.496. The fourth-order valence-electron chi connectivity index (χ4n) is 3.10. The average Bonchev–Trinajstić information content (AvgIpc) is 2.46. The highest BCUT2D eigenvalue weighted by Gasteiger charge is 2.42. The van der Waals surface area contributed by atoms with Crippen molar-refractivity contribution in [3.05, 3.63) is 12.7 Å². The van der Waals surface area contributed by atoms with Gasteiger partial charge >= 0.3 is 0 Å². The SMILES string of the molecule is C=CC1(C)CC2CCCC2C1. The Labute approximate surface area is 69.7 Å². The van der Waals surface area contributed by atoms with Crippen LogP contribution in [0.2, 0.25) is 0 Å². The molecule has 2 fully saturated rings. The van der Waals surface area contributed by atoms with Gasteiger partial charge in [-0.15, -0.1) is 6.58 Å². The third-order valence-corrected chi connectivity index (χ3v) is 3.77. The summed E-state index contributed by atoms with van der Waals surface area (Å²) in [6.07, 6.45) is 9.50. The van der Waals surface area contributed by atoms with E-state index < -0.39 is 0 Å². The first-order chi connectivity index (χ1) is 5.23. The maximum absolute atomic E-state index is 3.94. The van der Waals surface area contributed by atoms with Crippen LogP contribution in [-0.2, 0) is 0 Å². The maximum atomic E-state index is 3.94. The van der Waals surface area contributed by atoms with Gasteiger partial charge < -0.3 is 0 Å². The van der Waals surface area contributed by atoms with E-state index >= 15 is 0 Å². The highest BCUT2D eigenvalue weighted by molar-refractivity contribution is 5.02. The molecule has 0 heteroatoms. The van der Waals surface area contributed by atoms with Crippen molar-refractivity contribution in [3.63, 3.8) is 0 Å². The van der Waals surface area contributed by atoms with Gasteiger partial charge in [-0.1, -0.05) is 32.3 Å². The molecule has 0 N–H and O–H groups in total. The summed E-state index contributed by atoms with van der Waals surface area (Å²) in [6, 6.07) is 0. The first kappa shape index (κ1) is 7.39. The van der Waals surface area contributed by atoms with Gasteiger partial charge in [0.05, 0.1) is 0 Å². The Balaban J connectivity index is 2.09. The zero-order valence-corrected chi connectivity index (χ0v) is 7.47. The van der Waals surface area contributed by atoms with Gasteiger partial charge in [0.2, 0.25) is 0 Å². The van der Waals surface area contributed by atoms with Gasteiger partial charge in [-0.2, -0.15) is 0 Å². The van der Waals surface area contributed by atoms with E-state index in [0.29, 0.717) is 5.41 Å². The first-order valence-electron chi connectivity index (χ1n) is 4.87. The molecule has 62 valence electrons. The second-order valence-electron chi connectivity index (χ2n) is 4.72. The monoisotopic (exact) mass is 150 g/mol. The Hall–Kier alpha value is -0.260. The van der Waals surface area contributed by atoms with Gasteiger partial charge in [0.15, 0.2) is 0 Å². The Morgan fingerprint density at radius 1 is 1.27 bits per heavy atom. The van der Waals surface area contributed by atoms with Crippen LogP contribution in [0.4, 0.5) is 0 Å². The summed E-state index contributed by atoms with van der Waals surface area (Å²) in [7, 11) is 0. The largest absolute Gasteiger partial charge is 0.103 e. The lowest BCUT2D eigenvalue weighted by Crippen LogP contribution is -2.07. The molecule has 2 aliphatic rings. The van der Waals surface area contributed by atoms with Crippen LogP contribution < -0.4 is 0 Å². The van der Waals surface area contributed by atoms with Gasteiger partial charge in [-0.3, -0.25) is 0 Å². The second kappa shape index (κ2) is 2.36. The van der Waals surface area contributed by atoms with Crippen LogP contribution in [0.3, 0.4) is 0 Å². The fraction of sp³-hybridized carbons (Fsp3) is 0.818. The van der Waals surface area contributed by atoms with Crippen molar-refractivity contribution in [1.29, 1.82) is 0 Å². The molecule has 0 saturated heterocycles. The van der Waals surface area contributed by atoms with E-state index in [2.05, 4.69) is 19.6 Å². The van der Waals surface area contributed by atoms with Crippen LogP contribution in [0.1, 0.15) is 39.0 Å². The third kappa shape index (κ3) is 1.13. The van der Waals surface area contributed by atoms with Gasteiger partial charge in [-0.05, 0) is 30.1 Å². The molecule has 0 aromatic carbocycles. The highest BCUT2D eigenvalue weighted by atomic mass is 14.5. The Morgan fingerprint density at radius 3 is 2.27 bits per heavy atom. The maximum Gasteiger partial charge on any atom is -0.0144 e. The van der Waals surface area contributed by atoms with Crippen LogP contribution in [0.25, 0.3) is 0 Å². The van der Waals surface area contributed by atoms with E-state index in [0.717, 1.165) is 11.8 Å². The molecule has 0 aliphatic heterocycles. The summed E-state index contributed by atoms with van der Waals surface area (Å²) < 4.78 is 0. The molecule has 0 aromatic rings. The average molecular weight is 150 g/mol. The number of fused-ring (bicyclic) bond motifs is 1. The summed E-state index contributed by atoms with van der Waals surface area (Å²) in [4.78, 5) is 0. The molecule has 11 heavy (non-hydrogen) atoms. The molecule has 2 saturated carbocycles. The summed E-state index contributed by atoms with van der Waals surface area (Å²) in [5.74, 6) is 2.11. The second-order valence-corrected chi connectivity index (χ2v) is 4.72. The minimum atomic E-state index is 0.496. The lowest BCUT2D eigenvalue weighted by molar-refractivity contribution is 0.401. The normalized spacial score (nSPS) is 49.2. The molecule has 2 unspecified atom stereocenters. The summed E-state index contributed by atoms with van der Waals surface area (Å²) >= 11 is 0. The topological polar surface area (TPSA) is 0 Å². The molecule has 0 spiro atoms.